The van der Waals surface area contributed by atoms with Gasteiger partial charge in [-0.25, -0.2) is 4.39 Å². The Bertz CT molecular complexity index is 326. The van der Waals surface area contributed by atoms with Gasteiger partial charge < -0.3 is 9.47 Å². The van der Waals surface area contributed by atoms with Crippen molar-refractivity contribution in [1.82, 2.24) is 0 Å². The number of hydrogen-bond donors (Lipinski definition) is 0. The Kier molecular flexibility index (Phi) is 3.75. The molecular formula is C10H12BrFO2. The fraction of sp³-hybridized carbons (Fsp3) is 0.400. The molecule has 0 aromatic heterocycles. The van der Waals surface area contributed by atoms with Gasteiger partial charge in [0.2, 0.25) is 0 Å². The van der Waals surface area contributed by atoms with Crippen molar-refractivity contribution in [3.63, 3.8) is 0 Å². The second kappa shape index (κ2) is 4.64. The normalized spacial score (nSPS) is 12.4. The van der Waals surface area contributed by atoms with Crippen LogP contribution in [0.15, 0.2) is 16.6 Å². The Labute approximate surface area is 91.2 Å². The minimum absolute atomic E-state index is 0.493. The first kappa shape index (κ1) is 11.3. The zero-order valence-electron chi connectivity index (χ0n) is 8.30. The van der Waals surface area contributed by atoms with Crippen molar-refractivity contribution in [3.8, 4) is 11.5 Å². The van der Waals surface area contributed by atoms with E-state index in [1.165, 1.54) is 14.0 Å². The summed E-state index contributed by atoms with van der Waals surface area (Å²) in [6.45, 7) is 1.46. The van der Waals surface area contributed by atoms with Crippen molar-refractivity contribution in [2.24, 2.45) is 0 Å². The number of halogens is 2. The van der Waals surface area contributed by atoms with Gasteiger partial charge in [0.1, 0.15) is 17.7 Å². The van der Waals surface area contributed by atoms with Crippen LogP contribution in [0.25, 0.3) is 0 Å². The number of hydrogen-bond acceptors (Lipinski definition) is 2. The SMILES string of the molecule is COc1cc(C(C)F)c(OC)cc1Br. The molecule has 0 aliphatic carbocycles. The Morgan fingerprint density at radius 1 is 1.21 bits per heavy atom. The van der Waals surface area contributed by atoms with E-state index >= 15 is 0 Å². The summed E-state index contributed by atoms with van der Waals surface area (Å²) in [6.07, 6.45) is -1.08. The van der Waals surface area contributed by atoms with Crippen LogP contribution in [-0.4, -0.2) is 14.2 Å². The van der Waals surface area contributed by atoms with Gasteiger partial charge in [0.25, 0.3) is 0 Å². The quantitative estimate of drug-likeness (QED) is 0.830. The van der Waals surface area contributed by atoms with Gasteiger partial charge in [-0.15, -0.1) is 0 Å². The molecule has 0 aliphatic heterocycles. The zero-order chi connectivity index (χ0) is 10.7. The third kappa shape index (κ3) is 2.18. The van der Waals surface area contributed by atoms with Crippen molar-refractivity contribution in [1.29, 1.82) is 0 Å². The molecule has 1 aromatic carbocycles. The van der Waals surface area contributed by atoms with Crippen LogP contribution in [0.2, 0.25) is 0 Å². The summed E-state index contributed by atoms with van der Waals surface area (Å²) in [4.78, 5) is 0. The van der Waals surface area contributed by atoms with E-state index in [0.29, 0.717) is 17.1 Å². The fourth-order valence-corrected chi connectivity index (χ4v) is 1.68. The molecule has 0 radical (unpaired) electrons. The van der Waals surface area contributed by atoms with Gasteiger partial charge in [-0.3, -0.25) is 0 Å². The molecule has 0 heterocycles. The lowest BCUT2D eigenvalue weighted by Crippen LogP contribution is -1.95. The highest BCUT2D eigenvalue weighted by Gasteiger charge is 2.14. The molecule has 0 saturated carbocycles. The highest BCUT2D eigenvalue weighted by atomic mass is 79.9. The van der Waals surface area contributed by atoms with E-state index in [1.54, 1.807) is 19.2 Å². The van der Waals surface area contributed by atoms with Gasteiger partial charge in [0, 0.05) is 5.56 Å². The van der Waals surface area contributed by atoms with Gasteiger partial charge in [-0.05, 0) is 35.0 Å². The second-order valence-electron chi connectivity index (χ2n) is 2.84. The molecule has 0 saturated heterocycles. The summed E-state index contributed by atoms with van der Waals surface area (Å²) >= 11 is 3.30. The Hall–Kier alpha value is -0.770. The van der Waals surface area contributed by atoms with Crippen LogP contribution < -0.4 is 9.47 Å². The average molecular weight is 263 g/mol. The molecule has 0 aliphatic rings. The van der Waals surface area contributed by atoms with Gasteiger partial charge in [-0.1, -0.05) is 0 Å². The van der Waals surface area contributed by atoms with Crippen LogP contribution in [0.3, 0.4) is 0 Å². The molecular weight excluding hydrogens is 251 g/mol. The van der Waals surface area contributed by atoms with Crippen LogP contribution in [0.5, 0.6) is 11.5 Å². The summed E-state index contributed by atoms with van der Waals surface area (Å²) in [6, 6.07) is 3.33. The number of benzene rings is 1. The standard InChI is InChI=1S/C10H12BrFO2/c1-6(12)7-4-10(14-3)8(11)5-9(7)13-2/h4-6H,1-3H3. The van der Waals surface area contributed by atoms with Crippen molar-refractivity contribution < 1.29 is 13.9 Å². The van der Waals surface area contributed by atoms with E-state index in [2.05, 4.69) is 15.9 Å². The first-order valence-electron chi connectivity index (χ1n) is 4.15. The summed E-state index contributed by atoms with van der Waals surface area (Å²) in [5, 5.41) is 0. The molecule has 1 aromatic rings. The lowest BCUT2D eigenvalue weighted by molar-refractivity contribution is 0.342. The van der Waals surface area contributed by atoms with Crippen molar-refractivity contribution in [2.75, 3.05) is 14.2 Å². The van der Waals surface area contributed by atoms with E-state index in [4.69, 9.17) is 9.47 Å². The van der Waals surface area contributed by atoms with Crippen molar-refractivity contribution >= 4 is 15.9 Å². The Morgan fingerprint density at radius 3 is 2.21 bits per heavy atom. The van der Waals surface area contributed by atoms with E-state index in [0.717, 1.165) is 4.47 Å². The van der Waals surface area contributed by atoms with E-state index < -0.39 is 6.17 Å². The molecule has 0 fully saturated rings. The second-order valence-corrected chi connectivity index (χ2v) is 3.70. The fourth-order valence-electron chi connectivity index (χ4n) is 1.19. The molecule has 0 amide bonds. The van der Waals surface area contributed by atoms with Crippen LogP contribution in [0, 0.1) is 0 Å². The van der Waals surface area contributed by atoms with Gasteiger partial charge in [0.05, 0.1) is 18.7 Å². The third-order valence-corrected chi connectivity index (χ3v) is 2.55. The maximum Gasteiger partial charge on any atom is 0.133 e. The molecule has 78 valence electrons. The first-order valence-corrected chi connectivity index (χ1v) is 4.95. The first-order chi connectivity index (χ1) is 6.60. The van der Waals surface area contributed by atoms with Gasteiger partial charge >= 0.3 is 0 Å². The smallest absolute Gasteiger partial charge is 0.133 e. The van der Waals surface area contributed by atoms with Crippen LogP contribution in [0.4, 0.5) is 4.39 Å². The van der Waals surface area contributed by atoms with Crippen molar-refractivity contribution in [3.05, 3.63) is 22.2 Å². The van der Waals surface area contributed by atoms with Crippen LogP contribution >= 0.6 is 15.9 Å². The number of rotatable bonds is 3. The largest absolute Gasteiger partial charge is 0.496 e. The lowest BCUT2D eigenvalue weighted by atomic mass is 10.1. The predicted molar refractivity (Wildman–Crippen MR) is 56.8 cm³/mol. The minimum Gasteiger partial charge on any atom is -0.496 e. The Balaban J connectivity index is 3.25. The molecule has 1 atom stereocenters. The van der Waals surface area contributed by atoms with Gasteiger partial charge in [-0.2, -0.15) is 0 Å². The molecule has 1 rings (SSSR count). The average Bonchev–Trinajstić information content (AvgIpc) is 2.16. The maximum absolute atomic E-state index is 13.2. The van der Waals surface area contributed by atoms with Gasteiger partial charge in [0.15, 0.2) is 0 Å². The molecule has 4 heteroatoms. The number of methoxy groups -OCH3 is 2. The summed E-state index contributed by atoms with van der Waals surface area (Å²) in [7, 11) is 3.05. The molecule has 1 unspecified atom stereocenters. The Morgan fingerprint density at radius 2 is 1.79 bits per heavy atom. The zero-order valence-corrected chi connectivity index (χ0v) is 9.89. The molecule has 14 heavy (non-hydrogen) atoms. The lowest BCUT2D eigenvalue weighted by Gasteiger charge is -2.12. The monoisotopic (exact) mass is 262 g/mol. The minimum atomic E-state index is -1.08. The predicted octanol–water partition coefficient (Wildman–Crippen LogP) is 3.50. The summed E-state index contributed by atoms with van der Waals surface area (Å²) < 4.78 is 24.1. The maximum atomic E-state index is 13.2. The summed E-state index contributed by atoms with van der Waals surface area (Å²) in [5.41, 5.74) is 0.493. The topological polar surface area (TPSA) is 18.5 Å². The third-order valence-electron chi connectivity index (χ3n) is 1.93. The van der Waals surface area contributed by atoms with Crippen LogP contribution in [-0.2, 0) is 0 Å². The highest BCUT2D eigenvalue weighted by molar-refractivity contribution is 9.10. The number of ether oxygens (including phenoxy) is 2. The van der Waals surface area contributed by atoms with Crippen LogP contribution in [0.1, 0.15) is 18.7 Å². The molecule has 2 nitrogen and oxygen atoms in total. The highest BCUT2D eigenvalue weighted by Crippen LogP contribution is 2.36. The van der Waals surface area contributed by atoms with Crippen molar-refractivity contribution in [2.45, 2.75) is 13.1 Å². The molecule has 0 N–H and O–H groups in total. The molecule has 0 spiro atoms. The summed E-state index contributed by atoms with van der Waals surface area (Å²) in [5.74, 6) is 1.12. The van der Waals surface area contributed by atoms with E-state index in [1.807, 2.05) is 0 Å². The molecule has 0 bridgehead atoms. The number of alkyl halides is 1. The van der Waals surface area contributed by atoms with E-state index in [-0.39, 0.29) is 0 Å². The van der Waals surface area contributed by atoms with E-state index in [9.17, 15) is 4.39 Å².